The van der Waals surface area contributed by atoms with Crippen molar-refractivity contribution < 1.29 is 28.7 Å². The Labute approximate surface area is 114 Å². The molecule has 7 nitrogen and oxygen atoms in total. The molecule has 8 heteroatoms. The van der Waals surface area contributed by atoms with Gasteiger partial charge in [-0.1, -0.05) is 6.07 Å². The highest BCUT2D eigenvalue weighted by molar-refractivity contribution is 7.50. The summed E-state index contributed by atoms with van der Waals surface area (Å²) in [6, 6.07) is 2.00. The van der Waals surface area contributed by atoms with E-state index in [1.165, 1.54) is 19.1 Å². The zero-order chi connectivity index (χ0) is 15.1. The van der Waals surface area contributed by atoms with E-state index in [1.807, 2.05) is 0 Å². The molecule has 1 aromatic carbocycles. The number of hydrogen-bond donors (Lipinski definition) is 3. The molecule has 20 heavy (non-hydrogen) atoms. The van der Waals surface area contributed by atoms with Crippen LogP contribution in [-0.4, -0.2) is 27.6 Å². The first-order valence-electron chi connectivity index (χ1n) is 5.86. The van der Waals surface area contributed by atoms with Gasteiger partial charge in [0.25, 0.3) is 0 Å². The summed E-state index contributed by atoms with van der Waals surface area (Å²) in [5.74, 6) is -0.835. The van der Waals surface area contributed by atoms with Crippen molar-refractivity contribution in [1.82, 2.24) is 0 Å². The molecule has 1 atom stereocenters. The number of nitrogens with two attached hydrogens (primary N) is 1. The van der Waals surface area contributed by atoms with E-state index in [1.54, 1.807) is 0 Å². The maximum atomic E-state index is 11.6. The molecule has 108 valence electrons. The van der Waals surface area contributed by atoms with Crippen molar-refractivity contribution in [3.63, 3.8) is 0 Å². The second-order valence-corrected chi connectivity index (χ2v) is 6.39. The van der Waals surface area contributed by atoms with Crippen LogP contribution in [-0.2, 0) is 21.9 Å². The van der Waals surface area contributed by atoms with E-state index >= 15 is 0 Å². The van der Waals surface area contributed by atoms with E-state index in [4.69, 9.17) is 20.3 Å². The minimum Gasteiger partial charge on any atom is -0.424 e. The number of rotatable bonds is 3. The minimum absolute atomic E-state index is 0.131. The number of benzene rings is 1. The number of hydrogen-bond acceptors (Lipinski definition) is 5. The lowest BCUT2D eigenvalue weighted by atomic mass is 9.95. The smallest absolute Gasteiger partial charge is 0.329 e. The molecule has 0 saturated carbocycles. The molecule has 0 aliphatic carbocycles. The van der Waals surface area contributed by atoms with Gasteiger partial charge in [0.15, 0.2) is 5.78 Å². The summed E-state index contributed by atoms with van der Waals surface area (Å²) < 4.78 is 16.1. The number of carbonyl (C=O) groups excluding carboxylic acids is 2. The highest BCUT2D eigenvalue weighted by atomic mass is 31.2. The van der Waals surface area contributed by atoms with Crippen LogP contribution in [0.1, 0.15) is 28.4 Å². The number of carbonyl (C=O) groups is 2. The summed E-state index contributed by atoms with van der Waals surface area (Å²) in [6.07, 6.45) is -0.312. The van der Waals surface area contributed by atoms with Crippen molar-refractivity contribution in [2.75, 3.05) is 0 Å². The second kappa shape index (κ2) is 5.10. The standard InChI is InChI=1S/C12H14NO6P/c1-6(14)9-3-7(5-20(16,17)18)2-8-4-10(13)12(15)19-11(8)9/h2-3,10H,4-5,13H2,1H3,(H2,16,17,18). The number of fused-ring (bicyclic) bond motifs is 1. The van der Waals surface area contributed by atoms with Crippen LogP contribution < -0.4 is 10.5 Å². The third-order valence-electron chi connectivity index (χ3n) is 2.94. The van der Waals surface area contributed by atoms with Crippen LogP contribution in [0.2, 0.25) is 0 Å². The van der Waals surface area contributed by atoms with Crippen molar-refractivity contribution in [2.24, 2.45) is 5.73 Å². The molecule has 0 saturated heterocycles. The highest BCUT2D eigenvalue weighted by Crippen LogP contribution is 2.41. The molecule has 0 radical (unpaired) electrons. The molecule has 1 aliphatic rings. The largest absolute Gasteiger partial charge is 0.424 e. The summed E-state index contributed by atoms with van der Waals surface area (Å²) in [6.45, 7) is 1.29. The van der Waals surface area contributed by atoms with Gasteiger partial charge in [-0.3, -0.25) is 9.36 Å². The predicted octanol–water partition coefficient (Wildman–Crippen LogP) is 0.356. The fraction of sp³-hybridized carbons (Fsp3) is 0.333. The Bertz CT molecular complexity index is 635. The summed E-state index contributed by atoms with van der Waals surface area (Å²) in [5, 5.41) is 0. The first kappa shape index (κ1) is 14.9. The summed E-state index contributed by atoms with van der Waals surface area (Å²) in [7, 11) is -4.25. The van der Waals surface area contributed by atoms with Crippen molar-refractivity contribution in [1.29, 1.82) is 0 Å². The van der Waals surface area contributed by atoms with Crippen molar-refractivity contribution >= 4 is 19.3 Å². The quantitative estimate of drug-likeness (QED) is 0.318. The van der Waals surface area contributed by atoms with Gasteiger partial charge in [0, 0.05) is 6.42 Å². The number of Topliss-reactive ketones (excluding diaryl/α,β-unsaturated/α-hetero) is 1. The summed E-state index contributed by atoms with van der Waals surface area (Å²) >= 11 is 0. The van der Waals surface area contributed by atoms with Gasteiger partial charge in [0.05, 0.1) is 11.7 Å². The average Bonchev–Trinajstić information content (AvgIpc) is 2.28. The van der Waals surface area contributed by atoms with E-state index in [-0.39, 0.29) is 23.5 Å². The van der Waals surface area contributed by atoms with Gasteiger partial charge in [-0.15, -0.1) is 0 Å². The van der Waals surface area contributed by atoms with Gasteiger partial charge in [-0.25, -0.2) is 4.79 Å². The first-order chi connectivity index (χ1) is 9.17. The first-order valence-corrected chi connectivity index (χ1v) is 7.65. The molecule has 0 spiro atoms. The molecule has 0 fully saturated rings. The number of ketones is 1. The second-order valence-electron chi connectivity index (χ2n) is 4.74. The predicted molar refractivity (Wildman–Crippen MR) is 69.5 cm³/mol. The number of esters is 1. The van der Waals surface area contributed by atoms with Gasteiger partial charge < -0.3 is 20.3 Å². The topological polar surface area (TPSA) is 127 Å². The SMILES string of the molecule is CC(=O)c1cc(CP(=O)(O)O)cc2c1OC(=O)C(N)C2. The Hall–Kier alpha value is -1.53. The fourth-order valence-corrected chi connectivity index (χ4v) is 2.77. The lowest BCUT2D eigenvalue weighted by Gasteiger charge is -2.23. The van der Waals surface area contributed by atoms with Crippen LogP contribution >= 0.6 is 7.60 Å². The monoisotopic (exact) mass is 299 g/mol. The van der Waals surface area contributed by atoms with Crippen LogP contribution in [0.25, 0.3) is 0 Å². The average molecular weight is 299 g/mol. The van der Waals surface area contributed by atoms with Crippen LogP contribution in [0.15, 0.2) is 12.1 Å². The molecule has 4 N–H and O–H groups in total. The van der Waals surface area contributed by atoms with Gasteiger partial charge >= 0.3 is 13.6 Å². The normalized spacial score (nSPS) is 18.4. The minimum atomic E-state index is -4.25. The Morgan fingerprint density at radius 3 is 2.70 bits per heavy atom. The maximum absolute atomic E-state index is 11.6. The molecule has 1 unspecified atom stereocenters. The summed E-state index contributed by atoms with van der Waals surface area (Å²) in [5.41, 5.74) is 6.53. The Balaban J connectivity index is 2.53. The highest BCUT2D eigenvalue weighted by Gasteiger charge is 2.29. The summed E-state index contributed by atoms with van der Waals surface area (Å²) in [4.78, 5) is 41.1. The molecular weight excluding hydrogens is 285 g/mol. The zero-order valence-corrected chi connectivity index (χ0v) is 11.6. The molecule has 1 heterocycles. The van der Waals surface area contributed by atoms with Crippen molar-refractivity contribution in [3.05, 3.63) is 28.8 Å². The van der Waals surface area contributed by atoms with E-state index in [0.717, 1.165) is 0 Å². The Kier molecular flexibility index (Phi) is 3.80. The molecular formula is C12H14NO6P. The Morgan fingerprint density at radius 1 is 1.50 bits per heavy atom. The van der Waals surface area contributed by atoms with E-state index in [9.17, 15) is 14.2 Å². The van der Waals surface area contributed by atoms with Gasteiger partial charge in [0.1, 0.15) is 11.8 Å². The third kappa shape index (κ3) is 3.13. The molecule has 0 aromatic heterocycles. The van der Waals surface area contributed by atoms with Gasteiger partial charge in [0.2, 0.25) is 0 Å². The molecule has 0 bridgehead atoms. The lowest BCUT2D eigenvalue weighted by Crippen LogP contribution is -2.40. The third-order valence-corrected chi connectivity index (χ3v) is 3.72. The fourth-order valence-electron chi connectivity index (χ4n) is 2.11. The van der Waals surface area contributed by atoms with Gasteiger partial charge in [-0.05, 0) is 24.1 Å². The van der Waals surface area contributed by atoms with Gasteiger partial charge in [-0.2, -0.15) is 0 Å². The zero-order valence-electron chi connectivity index (χ0n) is 10.7. The molecule has 1 aromatic rings. The van der Waals surface area contributed by atoms with E-state index in [0.29, 0.717) is 11.1 Å². The van der Waals surface area contributed by atoms with Crippen LogP contribution in [0.3, 0.4) is 0 Å². The Morgan fingerprint density at radius 2 is 2.15 bits per heavy atom. The lowest BCUT2D eigenvalue weighted by molar-refractivity contribution is -0.136. The van der Waals surface area contributed by atoms with Crippen LogP contribution in [0, 0.1) is 0 Å². The van der Waals surface area contributed by atoms with Crippen molar-refractivity contribution in [3.8, 4) is 5.75 Å². The van der Waals surface area contributed by atoms with Crippen molar-refractivity contribution in [2.45, 2.75) is 25.5 Å². The van der Waals surface area contributed by atoms with E-state index in [2.05, 4.69) is 0 Å². The van der Waals surface area contributed by atoms with Crippen LogP contribution in [0.5, 0.6) is 5.75 Å². The maximum Gasteiger partial charge on any atom is 0.329 e. The molecule has 1 aliphatic heterocycles. The molecule has 2 rings (SSSR count). The van der Waals surface area contributed by atoms with E-state index < -0.39 is 25.8 Å². The van der Waals surface area contributed by atoms with Crippen LogP contribution in [0.4, 0.5) is 0 Å². The number of ether oxygens (including phenoxy) is 1. The molecule has 0 amide bonds.